The standard InChI is InChI=1S/C19H15FO4S/c1-12-16(13-6-4-3-5-7-13)18(25(2,22)23)17(19(21)24-12)14-8-10-15(20)11-9-14/h3-11H,1-2H3. The van der Waals surface area contributed by atoms with E-state index in [0.717, 1.165) is 6.26 Å². The molecule has 0 saturated heterocycles. The van der Waals surface area contributed by atoms with E-state index >= 15 is 0 Å². The van der Waals surface area contributed by atoms with E-state index in [-0.39, 0.29) is 21.8 Å². The van der Waals surface area contributed by atoms with E-state index in [2.05, 4.69) is 0 Å². The molecule has 2 aromatic carbocycles. The summed E-state index contributed by atoms with van der Waals surface area (Å²) in [5, 5.41) is 0. The zero-order valence-electron chi connectivity index (χ0n) is 13.6. The smallest absolute Gasteiger partial charge is 0.345 e. The molecule has 0 fully saturated rings. The van der Waals surface area contributed by atoms with Crippen LogP contribution >= 0.6 is 0 Å². The van der Waals surface area contributed by atoms with Gasteiger partial charge in [-0.3, -0.25) is 0 Å². The molecule has 128 valence electrons. The van der Waals surface area contributed by atoms with Crippen molar-refractivity contribution in [3.05, 3.63) is 76.6 Å². The highest BCUT2D eigenvalue weighted by atomic mass is 32.2. The van der Waals surface area contributed by atoms with Gasteiger partial charge in [-0.25, -0.2) is 17.6 Å². The predicted molar refractivity (Wildman–Crippen MR) is 93.7 cm³/mol. The van der Waals surface area contributed by atoms with Gasteiger partial charge in [0, 0.05) is 11.8 Å². The number of aryl methyl sites for hydroxylation is 1. The summed E-state index contributed by atoms with van der Waals surface area (Å²) in [6, 6.07) is 13.9. The minimum Gasteiger partial charge on any atom is -0.427 e. The molecule has 0 aliphatic rings. The first-order chi connectivity index (χ1) is 11.8. The highest BCUT2D eigenvalue weighted by Crippen LogP contribution is 2.36. The van der Waals surface area contributed by atoms with Gasteiger partial charge in [-0.2, -0.15) is 0 Å². The third-order valence-corrected chi connectivity index (χ3v) is 4.97. The maximum absolute atomic E-state index is 13.2. The lowest BCUT2D eigenvalue weighted by Gasteiger charge is -2.15. The molecule has 25 heavy (non-hydrogen) atoms. The largest absolute Gasteiger partial charge is 0.427 e. The quantitative estimate of drug-likeness (QED) is 0.714. The first-order valence-corrected chi connectivity index (χ1v) is 9.37. The minimum absolute atomic E-state index is 0.0908. The summed E-state index contributed by atoms with van der Waals surface area (Å²) in [5.41, 5.74) is 0.374. The highest BCUT2D eigenvalue weighted by Gasteiger charge is 2.27. The Morgan fingerprint density at radius 2 is 1.44 bits per heavy atom. The zero-order valence-corrected chi connectivity index (χ0v) is 14.4. The topological polar surface area (TPSA) is 64.3 Å². The fraction of sp³-hybridized carbons (Fsp3) is 0.105. The lowest BCUT2D eigenvalue weighted by molar-refractivity contribution is 0.479. The van der Waals surface area contributed by atoms with Crippen molar-refractivity contribution in [1.82, 2.24) is 0 Å². The lowest BCUT2D eigenvalue weighted by atomic mass is 10.00. The van der Waals surface area contributed by atoms with Gasteiger partial charge < -0.3 is 4.42 Å². The van der Waals surface area contributed by atoms with Crippen LogP contribution in [0.2, 0.25) is 0 Å². The van der Waals surface area contributed by atoms with Crippen LogP contribution < -0.4 is 5.63 Å². The van der Waals surface area contributed by atoms with Crippen LogP contribution in [0.15, 0.2) is 68.7 Å². The molecule has 1 aromatic heterocycles. The normalized spacial score (nSPS) is 11.5. The fourth-order valence-corrected chi connectivity index (χ4v) is 4.00. The maximum atomic E-state index is 13.2. The number of benzene rings is 2. The van der Waals surface area contributed by atoms with Gasteiger partial charge in [0.15, 0.2) is 9.84 Å². The van der Waals surface area contributed by atoms with E-state index in [1.165, 1.54) is 24.3 Å². The van der Waals surface area contributed by atoms with Crippen LogP contribution in [0, 0.1) is 12.7 Å². The van der Waals surface area contributed by atoms with Crippen LogP contribution in [0.25, 0.3) is 22.3 Å². The van der Waals surface area contributed by atoms with Gasteiger partial charge in [0.2, 0.25) is 0 Å². The molecule has 0 radical (unpaired) electrons. The van der Waals surface area contributed by atoms with Crippen molar-refractivity contribution >= 4 is 9.84 Å². The van der Waals surface area contributed by atoms with Crippen LogP contribution in [-0.2, 0) is 9.84 Å². The second-order valence-electron chi connectivity index (χ2n) is 5.67. The monoisotopic (exact) mass is 358 g/mol. The Morgan fingerprint density at radius 1 is 0.880 bits per heavy atom. The third-order valence-electron chi connectivity index (χ3n) is 3.82. The minimum atomic E-state index is -3.77. The summed E-state index contributed by atoms with van der Waals surface area (Å²) in [5.74, 6) is -0.271. The van der Waals surface area contributed by atoms with Crippen molar-refractivity contribution in [2.45, 2.75) is 11.8 Å². The van der Waals surface area contributed by atoms with Crippen LogP contribution in [0.4, 0.5) is 4.39 Å². The Balaban J connectivity index is 2.48. The maximum Gasteiger partial charge on any atom is 0.345 e. The summed E-state index contributed by atoms with van der Waals surface area (Å²) in [6.45, 7) is 1.55. The Kier molecular flexibility index (Phi) is 4.30. The van der Waals surface area contributed by atoms with Crippen LogP contribution in [0.5, 0.6) is 0 Å². The molecule has 4 nitrogen and oxygen atoms in total. The van der Waals surface area contributed by atoms with Crippen LogP contribution in [-0.4, -0.2) is 14.7 Å². The first-order valence-electron chi connectivity index (χ1n) is 7.48. The molecular formula is C19H15FO4S. The van der Waals surface area contributed by atoms with E-state index in [1.807, 2.05) is 0 Å². The van der Waals surface area contributed by atoms with Crippen molar-refractivity contribution in [1.29, 1.82) is 0 Å². The van der Waals surface area contributed by atoms with Crippen LogP contribution in [0.3, 0.4) is 0 Å². The van der Waals surface area contributed by atoms with Crippen molar-refractivity contribution in [3.63, 3.8) is 0 Å². The molecular weight excluding hydrogens is 343 g/mol. The van der Waals surface area contributed by atoms with Gasteiger partial charge >= 0.3 is 5.63 Å². The van der Waals surface area contributed by atoms with Gasteiger partial charge in [0.1, 0.15) is 11.6 Å². The molecule has 0 aliphatic carbocycles. The molecule has 0 unspecified atom stereocenters. The van der Waals surface area contributed by atoms with E-state index in [4.69, 9.17) is 4.42 Å². The fourth-order valence-electron chi connectivity index (χ4n) is 2.79. The summed E-state index contributed by atoms with van der Waals surface area (Å²) < 4.78 is 43.6. The van der Waals surface area contributed by atoms with Crippen LogP contribution in [0.1, 0.15) is 5.76 Å². The molecule has 0 aliphatic heterocycles. The highest BCUT2D eigenvalue weighted by molar-refractivity contribution is 7.91. The molecule has 0 saturated carbocycles. The Labute approximate surface area is 144 Å². The van der Waals surface area contributed by atoms with Crippen molar-refractivity contribution in [2.24, 2.45) is 0 Å². The molecule has 0 atom stereocenters. The van der Waals surface area contributed by atoms with Crippen molar-refractivity contribution in [2.75, 3.05) is 6.26 Å². The van der Waals surface area contributed by atoms with E-state index < -0.39 is 21.3 Å². The number of halogens is 1. The van der Waals surface area contributed by atoms with Gasteiger partial charge in [-0.1, -0.05) is 42.5 Å². The van der Waals surface area contributed by atoms with Gasteiger partial charge in [0.05, 0.1) is 10.5 Å². The van der Waals surface area contributed by atoms with E-state index in [0.29, 0.717) is 11.1 Å². The Morgan fingerprint density at radius 3 is 2.00 bits per heavy atom. The van der Waals surface area contributed by atoms with Crippen molar-refractivity contribution < 1.29 is 17.2 Å². The molecule has 0 bridgehead atoms. The SMILES string of the molecule is Cc1oc(=O)c(-c2ccc(F)cc2)c(S(C)(=O)=O)c1-c1ccccc1. The van der Waals surface area contributed by atoms with Crippen molar-refractivity contribution in [3.8, 4) is 22.3 Å². The number of hydrogen-bond acceptors (Lipinski definition) is 4. The second-order valence-corrected chi connectivity index (χ2v) is 7.62. The molecule has 0 N–H and O–H groups in total. The molecule has 0 spiro atoms. The number of sulfone groups is 1. The molecule has 6 heteroatoms. The summed E-state index contributed by atoms with van der Waals surface area (Å²) >= 11 is 0. The van der Waals surface area contributed by atoms with E-state index in [1.54, 1.807) is 37.3 Å². The predicted octanol–water partition coefficient (Wildman–Crippen LogP) is 3.82. The average molecular weight is 358 g/mol. The number of rotatable bonds is 3. The van der Waals surface area contributed by atoms with E-state index in [9.17, 15) is 17.6 Å². The molecule has 3 rings (SSSR count). The molecule has 1 heterocycles. The second kappa shape index (κ2) is 6.29. The molecule has 3 aromatic rings. The summed E-state index contributed by atoms with van der Waals surface area (Å²) in [7, 11) is -3.77. The zero-order chi connectivity index (χ0) is 18.2. The van der Waals surface area contributed by atoms with Gasteiger partial charge in [-0.05, 0) is 30.2 Å². The van der Waals surface area contributed by atoms with Gasteiger partial charge in [0.25, 0.3) is 0 Å². The average Bonchev–Trinajstić information content (AvgIpc) is 2.55. The summed E-state index contributed by atoms with van der Waals surface area (Å²) in [4.78, 5) is 12.3. The third kappa shape index (κ3) is 3.25. The molecule has 0 amide bonds. The van der Waals surface area contributed by atoms with Gasteiger partial charge in [-0.15, -0.1) is 0 Å². The lowest BCUT2D eigenvalue weighted by Crippen LogP contribution is -2.14. The summed E-state index contributed by atoms with van der Waals surface area (Å²) in [6.07, 6.45) is 1.04. The first kappa shape index (κ1) is 17.1. The Bertz CT molecular complexity index is 1080. The Hall–Kier alpha value is -2.73. The number of hydrogen-bond donors (Lipinski definition) is 0.